The molecule has 0 atom stereocenters. The van der Waals surface area contributed by atoms with Gasteiger partial charge in [-0.3, -0.25) is 4.98 Å². The topological polar surface area (TPSA) is 102 Å². The SMILES string of the molecule is CC(C)(C)OC(=O)N1CCC(COc2ccc3c(NCCNc4ccnc5ccccc45)ncnc3c2)CC1. The molecule has 1 amide bonds. The number of hydrogen-bond donors (Lipinski definition) is 2. The third-order valence-electron chi connectivity index (χ3n) is 6.74. The molecular weight excluding hydrogens is 492 g/mol. The third-order valence-corrected chi connectivity index (χ3v) is 6.74. The Labute approximate surface area is 228 Å². The van der Waals surface area contributed by atoms with Gasteiger partial charge in [0, 0.05) is 54.9 Å². The fraction of sp³-hybridized carbons (Fsp3) is 0.400. The quantitative estimate of drug-likeness (QED) is 0.280. The number of piperidine rings is 1. The fourth-order valence-electron chi connectivity index (χ4n) is 4.72. The summed E-state index contributed by atoms with van der Waals surface area (Å²) >= 11 is 0. The summed E-state index contributed by atoms with van der Waals surface area (Å²) in [5, 5.41) is 8.97. The van der Waals surface area contributed by atoms with Crippen LogP contribution in [0.3, 0.4) is 0 Å². The number of carbonyl (C=O) groups excluding carboxylic acids is 1. The van der Waals surface area contributed by atoms with Gasteiger partial charge in [-0.1, -0.05) is 18.2 Å². The van der Waals surface area contributed by atoms with E-state index in [0.29, 0.717) is 32.2 Å². The number of aromatic nitrogens is 3. The van der Waals surface area contributed by atoms with Crippen molar-refractivity contribution in [1.82, 2.24) is 19.9 Å². The number of benzene rings is 2. The monoisotopic (exact) mass is 528 g/mol. The molecule has 1 aliphatic rings. The van der Waals surface area contributed by atoms with Crippen molar-refractivity contribution < 1.29 is 14.3 Å². The van der Waals surface area contributed by atoms with E-state index in [-0.39, 0.29) is 6.09 Å². The highest BCUT2D eigenvalue weighted by molar-refractivity contribution is 5.91. The Morgan fingerprint density at radius 1 is 0.949 bits per heavy atom. The summed E-state index contributed by atoms with van der Waals surface area (Å²) in [5.74, 6) is 1.97. The highest BCUT2D eigenvalue weighted by Gasteiger charge is 2.27. The Bertz CT molecular complexity index is 1420. The second-order valence-corrected chi connectivity index (χ2v) is 10.9. The van der Waals surface area contributed by atoms with Gasteiger partial charge in [-0.25, -0.2) is 14.8 Å². The van der Waals surface area contributed by atoms with E-state index < -0.39 is 5.60 Å². The third kappa shape index (κ3) is 6.85. The highest BCUT2D eigenvalue weighted by Crippen LogP contribution is 2.26. The number of nitrogens with zero attached hydrogens (tertiary/aromatic N) is 4. The first-order valence-electron chi connectivity index (χ1n) is 13.5. The number of nitrogens with one attached hydrogen (secondary N) is 2. The van der Waals surface area contributed by atoms with Crippen LogP contribution >= 0.6 is 0 Å². The molecule has 0 radical (unpaired) electrons. The predicted octanol–water partition coefficient (Wildman–Crippen LogP) is 5.73. The molecule has 0 bridgehead atoms. The van der Waals surface area contributed by atoms with Crippen molar-refractivity contribution in [2.24, 2.45) is 5.92 Å². The van der Waals surface area contributed by atoms with Gasteiger partial charge in [-0.2, -0.15) is 0 Å². The average Bonchev–Trinajstić information content (AvgIpc) is 2.93. The van der Waals surface area contributed by atoms with Crippen LogP contribution in [0.1, 0.15) is 33.6 Å². The zero-order valence-electron chi connectivity index (χ0n) is 22.8. The molecular formula is C30H36N6O3. The summed E-state index contributed by atoms with van der Waals surface area (Å²) in [6, 6.07) is 16.0. The van der Waals surface area contributed by atoms with E-state index in [1.165, 1.54) is 0 Å². The van der Waals surface area contributed by atoms with Gasteiger partial charge in [0.15, 0.2) is 0 Å². The molecule has 9 nitrogen and oxygen atoms in total. The number of rotatable bonds is 8. The smallest absolute Gasteiger partial charge is 0.410 e. The summed E-state index contributed by atoms with van der Waals surface area (Å²) in [4.78, 5) is 27.4. The second-order valence-electron chi connectivity index (χ2n) is 10.9. The molecule has 2 aromatic heterocycles. The maximum Gasteiger partial charge on any atom is 0.410 e. The Kier molecular flexibility index (Phi) is 7.95. The van der Waals surface area contributed by atoms with Crippen LogP contribution < -0.4 is 15.4 Å². The summed E-state index contributed by atoms with van der Waals surface area (Å²) in [6.07, 6.45) is 4.95. The van der Waals surface area contributed by atoms with Crippen LogP contribution in [0.2, 0.25) is 0 Å². The van der Waals surface area contributed by atoms with Crippen molar-refractivity contribution in [3.05, 3.63) is 61.1 Å². The van der Waals surface area contributed by atoms with Gasteiger partial charge in [0.2, 0.25) is 0 Å². The number of pyridine rings is 1. The van der Waals surface area contributed by atoms with Crippen LogP contribution in [-0.2, 0) is 4.74 Å². The molecule has 0 saturated carbocycles. The minimum atomic E-state index is -0.474. The number of fused-ring (bicyclic) bond motifs is 2. The summed E-state index contributed by atoms with van der Waals surface area (Å²) in [7, 11) is 0. The van der Waals surface area contributed by atoms with Gasteiger partial charge in [0.1, 0.15) is 23.5 Å². The molecule has 1 aliphatic heterocycles. The molecule has 2 aromatic carbocycles. The van der Waals surface area contributed by atoms with Gasteiger partial charge in [-0.05, 0) is 63.8 Å². The predicted molar refractivity (Wildman–Crippen MR) is 154 cm³/mol. The normalized spacial score (nSPS) is 14.4. The minimum absolute atomic E-state index is 0.234. The molecule has 3 heterocycles. The van der Waals surface area contributed by atoms with Gasteiger partial charge < -0.3 is 25.0 Å². The van der Waals surface area contributed by atoms with Crippen molar-refractivity contribution in [2.75, 3.05) is 43.4 Å². The van der Waals surface area contributed by atoms with E-state index in [1.807, 2.05) is 69.4 Å². The number of ether oxygens (including phenoxy) is 2. The lowest BCUT2D eigenvalue weighted by atomic mass is 9.98. The molecule has 204 valence electrons. The number of carbonyl (C=O) groups is 1. The lowest BCUT2D eigenvalue weighted by Gasteiger charge is -2.33. The zero-order chi connectivity index (χ0) is 27.2. The van der Waals surface area contributed by atoms with Crippen LogP contribution in [0.5, 0.6) is 5.75 Å². The zero-order valence-corrected chi connectivity index (χ0v) is 22.8. The van der Waals surface area contributed by atoms with Crippen molar-refractivity contribution >= 4 is 39.4 Å². The first-order valence-corrected chi connectivity index (χ1v) is 13.5. The van der Waals surface area contributed by atoms with Crippen molar-refractivity contribution in [1.29, 1.82) is 0 Å². The summed E-state index contributed by atoms with van der Waals surface area (Å²) in [6.45, 7) is 9.09. The summed E-state index contributed by atoms with van der Waals surface area (Å²) in [5.41, 5.74) is 2.39. The molecule has 39 heavy (non-hydrogen) atoms. The van der Waals surface area contributed by atoms with Crippen LogP contribution in [-0.4, -0.2) is 64.3 Å². The highest BCUT2D eigenvalue weighted by atomic mass is 16.6. The maximum absolute atomic E-state index is 12.3. The molecule has 5 rings (SSSR count). The van der Waals surface area contributed by atoms with Crippen LogP contribution in [0.25, 0.3) is 21.8 Å². The minimum Gasteiger partial charge on any atom is -0.493 e. The van der Waals surface area contributed by atoms with Crippen LogP contribution in [0.15, 0.2) is 61.1 Å². The number of hydrogen-bond acceptors (Lipinski definition) is 8. The van der Waals surface area contributed by atoms with Gasteiger partial charge in [0.05, 0.1) is 17.6 Å². The van der Waals surface area contributed by atoms with E-state index in [4.69, 9.17) is 9.47 Å². The molecule has 2 N–H and O–H groups in total. The summed E-state index contributed by atoms with van der Waals surface area (Å²) < 4.78 is 11.6. The molecule has 1 saturated heterocycles. The molecule has 1 fully saturated rings. The molecule has 0 unspecified atom stereocenters. The number of likely N-dealkylation sites (tertiary alicyclic amines) is 1. The van der Waals surface area contributed by atoms with E-state index in [0.717, 1.165) is 58.4 Å². The van der Waals surface area contributed by atoms with E-state index in [1.54, 1.807) is 11.2 Å². The first kappa shape index (κ1) is 26.5. The molecule has 0 aliphatic carbocycles. The van der Waals surface area contributed by atoms with Gasteiger partial charge in [-0.15, -0.1) is 0 Å². The van der Waals surface area contributed by atoms with Crippen molar-refractivity contribution in [2.45, 2.75) is 39.2 Å². The maximum atomic E-state index is 12.3. The molecule has 9 heteroatoms. The Balaban J connectivity index is 1.11. The lowest BCUT2D eigenvalue weighted by molar-refractivity contribution is 0.0165. The number of anilines is 2. The Morgan fingerprint density at radius 2 is 1.74 bits per heavy atom. The lowest BCUT2D eigenvalue weighted by Crippen LogP contribution is -2.42. The van der Waals surface area contributed by atoms with Crippen molar-refractivity contribution in [3.8, 4) is 5.75 Å². The van der Waals surface area contributed by atoms with E-state index >= 15 is 0 Å². The van der Waals surface area contributed by atoms with Gasteiger partial charge in [0.25, 0.3) is 0 Å². The molecule has 0 spiro atoms. The number of amides is 1. The van der Waals surface area contributed by atoms with Crippen LogP contribution in [0, 0.1) is 5.92 Å². The first-order chi connectivity index (χ1) is 18.9. The number of para-hydroxylation sites is 1. The van der Waals surface area contributed by atoms with Crippen molar-refractivity contribution in [3.63, 3.8) is 0 Å². The standard InChI is InChI=1S/C30H36N6O3/c1-30(2,3)39-29(37)36-16-11-21(12-17-36)19-38-22-8-9-24-27(18-22)34-20-35-28(24)33-15-14-32-26-10-13-31-25-7-5-4-6-23(25)26/h4-10,13,18,20-21H,11-12,14-17,19H2,1-3H3,(H,31,32)(H,33,34,35). The average molecular weight is 529 g/mol. The van der Waals surface area contributed by atoms with Crippen LogP contribution in [0.4, 0.5) is 16.3 Å². The second kappa shape index (κ2) is 11.7. The molecule has 4 aromatic rings. The Morgan fingerprint density at radius 3 is 2.56 bits per heavy atom. The fourth-order valence-corrected chi connectivity index (χ4v) is 4.72. The van der Waals surface area contributed by atoms with Gasteiger partial charge >= 0.3 is 6.09 Å². The Hall–Kier alpha value is -4.14. The van der Waals surface area contributed by atoms with E-state index in [9.17, 15) is 4.79 Å². The van der Waals surface area contributed by atoms with E-state index in [2.05, 4.69) is 31.7 Å². The largest absolute Gasteiger partial charge is 0.493 e.